The predicted octanol–water partition coefficient (Wildman–Crippen LogP) is 2.54. The Bertz CT molecular complexity index is 603. The molecule has 5 nitrogen and oxygen atoms in total. The molecule has 0 saturated heterocycles. The maximum atomic E-state index is 6.06. The lowest BCUT2D eigenvalue weighted by Crippen LogP contribution is -2.16. The van der Waals surface area contributed by atoms with E-state index in [0.717, 1.165) is 23.0 Å². The minimum absolute atomic E-state index is 0.273. The predicted molar refractivity (Wildman–Crippen MR) is 77.4 cm³/mol. The number of hydrogen-bond acceptors (Lipinski definition) is 4. The van der Waals surface area contributed by atoms with Crippen molar-refractivity contribution in [2.75, 3.05) is 19.5 Å². The van der Waals surface area contributed by atoms with Gasteiger partial charge in [-0.1, -0.05) is 6.92 Å². The average Bonchev–Trinajstić information content (AvgIpc) is 2.59. The maximum absolute atomic E-state index is 6.06. The normalized spacial score (nSPS) is 13.1. The quantitative estimate of drug-likeness (QED) is 0.919. The Labute approximate surface area is 113 Å². The van der Waals surface area contributed by atoms with Crippen LogP contribution in [0.1, 0.15) is 36.5 Å². The lowest BCUT2D eigenvalue weighted by atomic mass is 10.2. The van der Waals surface area contributed by atoms with Crippen molar-refractivity contribution in [2.45, 2.75) is 40.2 Å². The Balaban J connectivity index is 2.76. The third kappa shape index (κ3) is 2.18. The summed E-state index contributed by atoms with van der Waals surface area (Å²) >= 11 is 0. The van der Waals surface area contributed by atoms with Crippen molar-refractivity contribution < 1.29 is 4.74 Å². The van der Waals surface area contributed by atoms with E-state index >= 15 is 0 Å². The van der Waals surface area contributed by atoms with Crippen LogP contribution in [0.15, 0.2) is 0 Å². The van der Waals surface area contributed by atoms with Gasteiger partial charge in [-0.25, -0.2) is 9.97 Å². The van der Waals surface area contributed by atoms with E-state index in [1.807, 2.05) is 6.92 Å². The molecular formula is C14H22N4O. The molecule has 104 valence electrons. The highest BCUT2D eigenvalue weighted by Crippen LogP contribution is 2.31. The molecule has 2 aromatic heterocycles. The fourth-order valence-electron chi connectivity index (χ4n) is 2.65. The highest BCUT2D eigenvalue weighted by atomic mass is 16.5. The van der Waals surface area contributed by atoms with Crippen molar-refractivity contribution in [1.82, 2.24) is 14.5 Å². The number of hydrogen-bond donors (Lipinski definition) is 1. The molecule has 0 bridgehead atoms. The van der Waals surface area contributed by atoms with Crippen LogP contribution >= 0.6 is 0 Å². The molecule has 1 unspecified atom stereocenters. The number of methoxy groups -OCH3 is 1. The zero-order valence-electron chi connectivity index (χ0n) is 12.3. The van der Waals surface area contributed by atoms with Crippen LogP contribution in [0.4, 0.5) is 5.82 Å². The van der Waals surface area contributed by atoms with Gasteiger partial charge in [0.05, 0.1) is 18.0 Å². The van der Waals surface area contributed by atoms with Crippen molar-refractivity contribution in [1.29, 1.82) is 0 Å². The fourth-order valence-corrected chi connectivity index (χ4v) is 2.65. The first-order valence-electron chi connectivity index (χ1n) is 6.61. The molecule has 5 heteroatoms. The van der Waals surface area contributed by atoms with Gasteiger partial charge in [0.2, 0.25) is 0 Å². The van der Waals surface area contributed by atoms with Crippen LogP contribution in [0.2, 0.25) is 0 Å². The minimum Gasteiger partial charge on any atom is -0.383 e. The SMILES string of the molecule is CCC(COC)n1c(C)c(C)c2c(N)nc(C)nc21. The first kappa shape index (κ1) is 13.8. The third-order valence-corrected chi connectivity index (χ3v) is 3.73. The molecule has 0 saturated carbocycles. The molecule has 0 aliphatic rings. The van der Waals surface area contributed by atoms with Gasteiger partial charge in [-0.2, -0.15) is 0 Å². The Morgan fingerprint density at radius 1 is 1.26 bits per heavy atom. The Kier molecular flexibility index (Phi) is 3.75. The van der Waals surface area contributed by atoms with Crippen LogP contribution in [-0.2, 0) is 4.74 Å². The van der Waals surface area contributed by atoms with Gasteiger partial charge in [-0.05, 0) is 32.8 Å². The van der Waals surface area contributed by atoms with Gasteiger partial charge in [-0.15, -0.1) is 0 Å². The zero-order chi connectivity index (χ0) is 14.2. The summed E-state index contributed by atoms with van der Waals surface area (Å²) in [5.74, 6) is 1.27. The molecular weight excluding hydrogens is 240 g/mol. The Hall–Kier alpha value is -1.62. The second-order valence-electron chi connectivity index (χ2n) is 4.95. The summed E-state index contributed by atoms with van der Waals surface area (Å²) in [7, 11) is 1.73. The molecule has 2 rings (SSSR count). The van der Waals surface area contributed by atoms with Crippen molar-refractivity contribution in [3.05, 3.63) is 17.1 Å². The molecule has 0 aliphatic carbocycles. The lowest BCUT2D eigenvalue weighted by molar-refractivity contribution is 0.154. The maximum Gasteiger partial charge on any atom is 0.146 e. The summed E-state index contributed by atoms with van der Waals surface area (Å²) in [6.45, 7) is 8.87. The van der Waals surface area contributed by atoms with E-state index in [-0.39, 0.29) is 6.04 Å². The molecule has 0 aromatic carbocycles. The highest BCUT2D eigenvalue weighted by Gasteiger charge is 2.20. The number of ether oxygens (including phenoxy) is 1. The molecule has 0 amide bonds. The topological polar surface area (TPSA) is 66.0 Å². The van der Waals surface area contributed by atoms with Crippen LogP contribution < -0.4 is 5.73 Å². The second-order valence-corrected chi connectivity index (χ2v) is 4.95. The summed E-state index contributed by atoms with van der Waals surface area (Å²) in [6.07, 6.45) is 0.987. The molecule has 19 heavy (non-hydrogen) atoms. The van der Waals surface area contributed by atoms with Gasteiger partial charge in [-0.3, -0.25) is 0 Å². The molecule has 0 radical (unpaired) electrons. The molecule has 0 aliphatic heterocycles. The zero-order valence-corrected chi connectivity index (χ0v) is 12.3. The van der Waals surface area contributed by atoms with Crippen molar-refractivity contribution >= 4 is 16.9 Å². The average molecular weight is 262 g/mol. The summed E-state index contributed by atoms with van der Waals surface area (Å²) in [5, 5.41) is 0.970. The molecule has 0 fully saturated rings. The standard InChI is InChI=1S/C14H22N4O/c1-6-11(7-19-5)18-9(3)8(2)12-13(15)16-10(4)17-14(12)18/h11H,6-7H2,1-5H3,(H2,15,16,17). The molecule has 2 heterocycles. The van der Waals surface area contributed by atoms with Gasteiger partial charge in [0, 0.05) is 12.8 Å². The number of anilines is 1. The number of aromatic nitrogens is 3. The van der Waals surface area contributed by atoms with Crippen LogP contribution in [0, 0.1) is 20.8 Å². The largest absolute Gasteiger partial charge is 0.383 e. The van der Waals surface area contributed by atoms with E-state index < -0.39 is 0 Å². The minimum atomic E-state index is 0.273. The molecule has 2 N–H and O–H groups in total. The van der Waals surface area contributed by atoms with E-state index in [1.165, 1.54) is 5.69 Å². The third-order valence-electron chi connectivity index (χ3n) is 3.73. The number of nitrogens with two attached hydrogens (primary N) is 1. The van der Waals surface area contributed by atoms with E-state index in [2.05, 4.69) is 35.3 Å². The van der Waals surface area contributed by atoms with Crippen LogP contribution in [-0.4, -0.2) is 28.3 Å². The van der Waals surface area contributed by atoms with E-state index in [1.54, 1.807) is 7.11 Å². The number of nitrogens with zero attached hydrogens (tertiary/aromatic N) is 3. The van der Waals surface area contributed by atoms with E-state index in [4.69, 9.17) is 10.5 Å². The van der Waals surface area contributed by atoms with Crippen LogP contribution in [0.5, 0.6) is 0 Å². The molecule has 0 spiro atoms. The summed E-state index contributed by atoms with van der Waals surface area (Å²) in [4.78, 5) is 8.86. The Morgan fingerprint density at radius 3 is 2.53 bits per heavy atom. The Morgan fingerprint density at radius 2 is 1.95 bits per heavy atom. The van der Waals surface area contributed by atoms with Crippen molar-refractivity contribution in [3.8, 4) is 0 Å². The van der Waals surface area contributed by atoms with Crippen LogP contribution in [0.25, 0.3) is 11.0 Å². The van der Waals surface area contributed by atoms with Gasteiger partial charge >= 0.3 is 0 Å². The number of nitrogen functional groups attached to an aromatic ring is 1. The summed E-state index contributed by atoms with van der Waals surface area (Å²) in [6, 6.07) is 0.273. The summed E-state index contributed by atoms with van der Waals surface area (Å²) < 4.78 is 7.56. The van der Waals surface area contributed by atoms with Gasteiger partial charge in [0.1, 0.15) is 17.3 Å². The number of fused-ring (bicyclic) bond motifs is 1. The monoisotopic (exact) mass is 262 g/mol. The first-order valence-corrected chi connectivity index (χ1v) is 6.61. The van der Waals surface area contributed by atoms with E-state index in [9.17, 15) is 0 Å². The number of aryl methyl sites for hydroxylation is 2. The fraction of sp³-hybridized carbons (Fsp3) is 0.571. The van der Waals surface area contributed by atoms with Crippen molar-refractivity contribution in [3.63, 3.8) is 0 Å². The molecule has 1 atom stereocenters. The molecule has 2 aromatic rings. The lowest BCUT2D eigenvalue weighted by Gasteiger charge is -2.19. The second kappa shape index (κ2) is 5.17. The van der Waals surface area contributed by atoms with Gasteiger partial charge in [0.15, 0.2) is 0 Å². The van der Waals surface area contributed by atoms with E-state index in [0.29, 0.717) is 18.2 Å². The smallest absolute Gasteiger partial charge is 0.146 e. The van der Waals surface area contributed by atoms with Gasteiger partial charge < -0.3 is 15.0 Å². The number of rotatable bonds is 4. The first-order chi connectivity index (χ1) is 9.01. The summed E-state index contributed by atoms with van der Waals surface area (Å²) in [5.41, 5.74) is 9.32. The van der Waals surface area contributed by atoms with Gasteiger partial charge in [0.25, 0.3) is 0 Å². The van der Waals surface area contributed by atoms with Crippen LogP contribution in [0.3, 0.4) is 0 Å². The van der Waals surface area contributed by atoms with Crippen molar-refractivity contribution in [2.24, 2.45) is 0 Å². The highest BCUT2D eigenvalue weighted by molar-refractivity contribution is 5.91.